The van der Waals surface area contributed by atoms with E-state index in [9.17, 15) is 13.2 Å². The van der Waals surface area contributed by atoms with Gasteiger partial charge in [-0.05, 0) is 48.7 Å². The Balaban J connectivity index is 1.40. The van der Waals surface area contributed by atoms with Gasteiger partial charge in [0, 0.05) is 25.1 Å². The molecule has 0 atom stereocenters. The fraction of sp³-hybridized carbons (Fsp3) is 0.333. The molecular formula is C21H23N3O4S. The van der Waals surface area contributed by atoms with Crippen LogP contribution in [0.5, 0.6) is 5.75 Å². The summed E-state index contributed by atoms with van der Waals surface area (Å²) in [6.45, 7) is 4.01. The van der Waals surface area contributed by atoms with E-state index in [1.807, 2.05) is 24.0 Å². The van der Waals surface area contributed by atoms with Crippen LogP contribution in [-0.2, 0) is 27.8 Å². The Morgan fingerprint density at radius 3 is 2.86 bits per heavy atom. The molecule has 0 bridgehead atoms. The van der Waals surface area contributed by atoms with Gasteiger partial charge in [-0.3, -0.25) is 14.5 Å². The molecule has 0 saturated heterocycles. The van der Waals surface area contributed by atoms with E-state index < -0.39 is 10.0 Å². The molecule has 1 N–H and O–H groups in total. The molecule has 7 nitrogen and oxygen atoms in total. The predicted octanol–water partition coefficient (Wildman–Crippen LogP) is 2.10. The maximum absolute atomic E-state index is 12.7. The molecule has 0 spiro atoms. The second-order valence-electron chi connectivity index (χ2n) is 7.01. The molecule has 0 radical (unpaired) electrons. The largest absolute Gasteiger partial charge is 0.494 e. The van der Waals surface area contributed by atoms with Crippen molar-refractivity contribution in [1.29, 1.82) is 0 Å². The van der Waals surface area contributed by atoms with Crippen LogP contribution in [0.3, 0.4) is 0 Å². The van der Waals surface area contributed by atoms with Crippen LogP contribution in [0.2, 0.25) is 0 Å². The number of carbonyl (C=O) groups excluding carboxylic acids is 1. The Labute approximate surface area is 170 Å². The first-order chi connectivity index (χ1) is 14.0. The number of carbonyl (C=O) groups is 1. The summed E-state index contributed by atoms with van der Waals surface area (Å²) in [4.78, 5) is 19.0. The molecule has 2 aromatic carbocycles. The zero-order chi connectivity index (χ0) is 20.4. The van der Waals surface area contributed by atoms with Gasteiger partial charge in [-0.2, -0.15) is 0 Å². The molecular weight excluding hydrogens is 390 g/mol. The van der Waals surface area contributed by atoms with E-state index in [2.05, 4.69) is 15.8 Å². The van der Waals surface area contributed by atoms with Gasteiger partial charge < -0.3 is 9.64 Å². The molecule has 8 heteroatoms. The van der Waals surface area contributed by atoms with Crippen LogP contribution in [0.1, 0.15) is 30.0 Å². The molecule has 2 aliphatic heterocycles. The van der Waals surface area contributed by atoms with Crippen molar-refractivity contribution in [3.05, 3.63) is 59.2 Å². The van der Waals surface area contributed by atoms with Crippen molar-refractivity contribution in [2.45, 2.75) is 31.2 Å². The van der Waals surface area contributed by atoms with Crippen LogP contribution in [-0.4, -0.2) is 44.8 Å². The minimum atomic E-state index is -3.56. The number of aliphatic imine (C=N–C) groups is 1. The van der Waals surface area contributed by atoms with Crippen molar-refractivity contribution < 1.29 is 17.9 Å². The van der Waals surface area contributed by atoms with Gasteiger partial charge >= 0.3 is 0 Å². The molecule has 4 rings (SSSR count). The van der Waals surface area contributed by atoms with Crippen molar-refractivity contribution in [2.75, 3.05) is 19.7 Å². The molecule has 0 aliphatic carbocycles. The Bertz CT molecular complexity index is 1080. The number of hydrogen-bond donors (Lipinski definition) is 1. The van der Waals surface area contributed by atoms with Crippen molar-refractivity contribution in [3.63, 3.8) is 0 Å². The number of fused-ring (bicyclic) bond motifs is 2. The standard InChI is InChI=1S/C21H23N3O4S/c1-2-28-17-8-7-15-10-12-24(14-16(15)13-17)20(25)9-11-22-21-18-5-3-4-6-19(18)29(26,27)23-21/h3-8,13H,2,9-12,14H2,1H3,(H,22,23). The van der Waals surface area contributed by atoms with Crippen LogP contribution in [0.25, 0.3) is 0 Å². The van der Waals surface area contributed by atoms with Gasteiger partial charge in [-0.25, -0.2) is 8.42 Å². The average molecular weight is 413 g/mol. The monoisotopic (exact) mass is 413 g/mol. The van der Waals surface area contributed by atoms with Gasteiger partial charge in [-0.15, -0.1) is 0 Å². The maximum atomic E-state index is 12.7. The molecule has 0 fully saturated rings. The summed E-state index contributed by atoms with van der Waals surface area (Å²) in [6.07, 6.45) is 1.04. The van der Waals surface area contributed by atoms with Gasteiger partial charge in [0.2, 0.25) is 5.91 Å². The van der Waals surface area contributed by atoms with Crippen molar-refractivity contribution >= 4 is 21.8 Å². The summed E-state index contributed by atoms with van der Waals surface area (Å²) in [6, 6.07) is 12.7. The smallest absolute Gasteiger partial charge is 0.263 e. The quantitative estimate of drug-likeness (QED) is 0.813. The lowest BCUT2D eigenvalue weighted by Crippen LogP contribution is -2.36. The number of sulfonamides is 1. The highest BCUT2D eigenvalue weighted by molar-refractivity contribution is 7.90. The third-order valence-corrected chi connectivity index (χ3v) is 6.51. The number of ether oxygens (including phenoxy) is 1. The summed E-state index contributed by atoms with van der Waals surface area (Å²) in [5, 5.41) is 0. The topological polar surface area (TPSA) is 88.1 Å². The lowest BCUT2D eigenvalue weighted by Gasteiger charge is -2.29. The fourth-order valence-electron chi connectivity index (χ4n) is 3.68. The highest BCUT2D eigenvalue weighted by atomic mass is 32.2. The number of hydrogen-bond acceptors (Lipinski definition) is 5. The summed E-state index contributed by atoms with van der Waals surface area (Å²) >= 11 is 0. The molecule has 2 aliphatic rings. The minimum Gasteiger partial charge on any atom is -0.494 e. The number of nitrogens with one attached hydrogen (secondary N) is 1. The second kappa shape index (κ2) is 7.87. The van der Waals surface area contributed by atoms with Crippen LogP contribution < -0.4 is 9.46 Å². The van der Waals surface area contributed by atoms with E-state index >= 15 is 0 Å². The summed E-state index contributed by atoms with van der Waals surface area (Å²) in [5.74, 6) is 1.13. The molecule has 1 amide bonds. The van der Waals surface area contributed by atoms with Gasteiger partial charge in [0.25, 0.3) is 10.0 Å². The van der Waals surface area contributed by atoms with Crippen LogP contribution >= 0.6 is 0 Å². The Kier molecular flexibility index (Phi) is 5.27. The maximum Gasteiger partial charge on any atom is 0.263 e. The SMILES string of the molecule is CCOc1ccc2c(c1)CN(C(=O)CCN=C1NS(=O)(=O)c3ccccc31)CC2. The highest BCUT2D eigenvalue weighted by Gasteiger charge is 2.30. The van der Waals surface area contributed by atoms with E-state index in [4.69, 9.17) is 4.74 Å². The van der Waals surface area contributed by atoms with E-state index in [0.29, 0.717) is 31.1 Å². The molecule has 29 heavy (non-hydrogen) atoms. The van der Waals surface area contributed by atoms with Crippen LogP contribution in [0.4, 0.5) is 0 Å². The number of rotatable bonds is 5. The number of amidine groups is 1. The summed E-state index contributed by atoms with van der Waals surface area (Å²) in [5.41, 5.74) is 2.91. The van der Waals surface area contributed by atoms with E-state index in [-0.39, 0.29) is 23.8 Å². The van der Waals surface area contributed by atoms with E-state index in [1.165, 1.54) is 5.56 Å². The van der Waals surface area contributed by atoms with E-state index in [1.54, 1.807) is 24.3 Å². The number of amides is 1. The summed E-state index contributed by atoms with van der Waals surface area (Å²) in [7, 11) is -3.56. The van der Waals surface area contributed by atoms with Crippen molar-refractivity contribution in [2.24, 2.45) is 4.99 Å². The third kappa shape index (κ3) is 3.98. The van der Waals surface area contributed by atoms with Crippen LogP contribution in [0, 0.1) is 0 Å². The first kappa shape index (κ1) is 19.4. The molecule has 2 aromatic rings. The first-order valence-corrected chi connectivity index (χ1v) is 11.2. The fourth-order valence-corrected chi connectivity index (χ4v) is 4.93. The highest BCUT2D eigenvalue weighted by Crippen LogP contribution is 2.25. The molecule has 0 aromatic heterocycles. The molecule has 0 saturated carbocycles. The second-order valence-corrected chi connectivity index (χ2v) is 8.66. The van der Waals surface area contributed by atoms with Crippen molar-refractivity contribution in [1.82, 2.24) is 9.62 Å². The van der Waals surface area contributed by atoms with Crippen molar-refractivity contribution in [3.8, 4) is 5.75 Å². The number of benzene rings is 2. The summed E-state index contributed by atoms with van der Waals surface area (Å²) < 4.78 is 32.3. The zero-order valence-electron chi connectivity index (χ0n) is 16.2. The van der Waals surface area contributed by atoms with Gasteiger partial charge in [0.1, 0.15) is 11.6 Å². The lowest BCUT2D eigenvalue weighted by molar-refractivity contribution is -0.131. The Morgan fingerprint density at radius 1 is 1.21 bits per heavy atom. The van der Waals surface area contributed by atoms with E-state index in [0.717, 1.165) is 17.7 Å². The third-order valence-electron chi connectivity index (χ3n) is 5.11. The predicted molar refractivity (Wildman–Crippen MR) is 110 cm³/mol. The number of nitrogens with zero attached hydrogens (tertiary/aromatic N) is 2. The first-order valence-electron chi connectivity index (χ1n) is 9.67. The Morgan fingerprint density at radius 2 is 2.03 bits per heavy atom. The van der Waals surface area contributed by atoms with Gasteiger partial charge in [0.15, 0.2) is 0 Å². The average Bonchev–Trinajstić information content (AvgIpc) is 2.98. The molecule has 2 heterocycles. The molecule has 0 unspecified atom stereocenters. The lowest BCUT2D eigenvalue weighted by atomic mass is 9.99. The Hall–Kier alpha value is -2.87. The minimum absolute atomic E-state index is 0.0101. The van der Waals surface area contributed by atoms with Gasteiger partial charge in [-0.1, -0.05) is 18.2 Å². The zero-order valence-corrected chi connectivity index (χ0v) is 17.0. The molecule has 152 valence electrons. The van der Waals surface area contributed by atoms with Crippen LogP contribution in [0.15, 0.2) is 52.4 Å². The normalized spacial score (nSPS) is 18.1. The van der Waals surface area contributed by atoms with Gasteiger partial charge in [0.05, 0.1) is 18.0 Å².